The summed E-state index contributed by atoms with van der Waals surface area (Å²) < 4.78 is 0.255. The minimum atomic E-state index is -0.146. The average molecular weight is 293 g/mol. The second-order valence-corrected chi connectivity index (χ2v) is 6.74. The summed E-state index contributed by atoms with van der Waals surface area (Å²) in [6.45, 7) is 2.66. The van der Waals surface area contributed by atoms with E-state index in [2.05, 4.69) is 16.9 Å². The molecule has 0 radical (unpaired) electrons. The summed E-state index contributed by atoms with van der Waals surface area (Å²) in [6, 6.07) is 7.48. The van der Waals surface area contributed by atoms with Gasteiger partial charge in [-0.05, 0) is 43.7 Å². The van der Waals surface area contributed by atoms with Gasteiger partial charge in [0.2, 0.25) is 0 Å². The van der Waals surface area contributed by atoms with Crippen LogP contribution in [0.25, 0.3) is 0 Å². The highest BCUT2D eigenvalue weighted by atomic mass is 32.2. The molecule has 0 bridgehead atoms. The van der Waals surface area contributed by atoms with Crippen molar-refractivity contribution in [2.45, 2.75) is 37.0 Å². The zero-order valence-corrected chi connectivity index (χ0v) is 12.9. The Balaban J connectivity index is 1.86. The number of anilines is 1. The van der Waals surface area contributed by atoms with Crippen molar-refractivity contribution >= 4 is 23.5 Å². The number of amides is 2. The van der Waals surface area contributed by atoms with Crippen molar-refractivity contribution < 1.29 is 4.79 Å². The van der Waals surface area contributed by atoms with Crippen LogP contribution >= 0.6 is 11.8 Å². The maximum absolute atomic E-state index is 11.9. The standard InChI is InChI=1S/C15H23N3OS/c1-11(16)12-5-3-6-13(9-12)18-14(19)17-10-15(20-2)7-4-8-15/h3,5-6,9,11H,4,7-8,10,16H2,1-2H3,(H2,17,18,19). The lowest BCUT2D eigenvalue weighted by Crippen LogP contribution is -2.46. The van der Waals surface area contributed by atoms with Crippen molar-refractivity contribution in [3.05, 3.63) is 29.8 Å². The van der Waals surface area contributed by atoms with Gasteiger partial charge in [-0.1, -0.05) is 18.6 Å². The quantitative estimate of drug-likeness (QED) is 0.781. The summed E-state index contributed by atoms with van der Waals surface area (Å²) in [5, 5.41) is 5.84. The molecule has 20 heavy (non-hydrogen) atoms. The molecule has 5 heteroatoms. The smallest absolute Gasteiger partial charge is 0.319 e. The lowest BCUT2D eigenvalue weighted by Gasteiger charge is -2.40. The summed E-state index contributed by atoms with van der Waals surface area (Å²) >= 11 is 1.85. The number of thioether (sulfide) groups is 1. The Hall–Kier alpha value is -1.20. The molecular weight excluding hydrogens is 270 g/mol. The SMILES string of the molecule is CSC1(CNC(=O)Nc2cccc(C(C)N)c2)CCC1. The molecule has 2 rings (SSSR count). The number of nitrogens with two attached hydrogens (primary N) is 1. The van der Waals surface area contributed by atoms with E-state index in [9.17, 15) is 4.79 Å². The fourth-order valence-electron chi connectivity index (χ4n) is 2.34. The van der Waals surface area contributed by atoms with E-state index < -0.39 is 0 Å². The van der Waals surface area contributed by atoms with Crippen LogP contribution in [0.1, 0.15) is 37.8 Å². The van der Waals surface area contributed by atoms with E-state index in [1.54, 1.807) is 0 Å². The van der Waals surface area contributed by atoms with E-state index in [1.807, 2.05) is 43.0 Å². The Bertz CT molecular complexity index is 466. The highest BCUT2D eigenvalue weighted by Crippen LogP contribution is 2.42. The molecule has 110 valence electrons. The highest BCUT2D eigenvalue weighted by Gasteiger charge is 2.36. The normalized spacial score (nSPS) is 17.9. The molecule has 1 unspecified atom stereocenters. The van der Waals surface area contributed by atoms with Gasteiger partial charge in [-0.2, -0.15) is 11.8 Å². The summed E-state index contributed by atoms with van der Waals surface area (Å²) in [4.78, 5) is 11.9. The number of urea groups is 1. The van der Waals surface area contributed by atoms with E-state index in [0.717, 1.165) is 17.8 Å². The molecule has 1 aliphatic rings. The Labute approximate surface area is 124 Å². The minimum Gasteiger partial charge on any atom is -0.336 e. The lowest BCUT2D eigenvalue weighted by molar-refractivity contribution is 0.247. The maximum Gasteiger partial charge on any atom is 0.319 e. The number of hydrogen-bond donors (Lipinski definition) is 3. The van der Waals surface area contributed by atoms with E-state index >= 15 is 0 Å². The number of carbonyl (C=O) groups excluding carboxylic acids is 1. The molecule has 1 atom stereocenters. The largest absolute Gasteiger partial charge is 0.336 e. The summed E-state index contributed by atoms with van der Waals surface area (Å²) in [7, 11) is 0. The first-order valence-corrected chi connectivity index (χ1v) is 8.23. The molecule has 1 aromatic rings. The second-order valence-electron chi connectivity index (χ2n) is 5.46. The van der Waals surface area contributed by atoms with Crippen LogP contribution in [0.2, 0.25) is 0 Å². The molecule has 0 saturated heterocycles. The summed E-state index contributed by atoms with van der Waals surface area (Å²) in [6.07, 6.45) is 5.76. The van der Waals surface area contributed by atoms with Crippen LogP contribution in [0.4, 0.5) is 10.5 Å². The van der Waals surface area contributed by atoms with Crippen molar-refractivity contribution in [3.8, 4) is 0 Å². The number of benzene rings is 1. The third-order valence-electron chi connectivity index (χ3n) is 3.94. The number of nitrogens with one attached hydrogen (secondary N) is 2. The third kappa shape index (κ3) is 3.67. The topological polar surface area (TPSA) is 67.2 Å². The fraction of sp³-hybridized carbons (Fsp3) is 0.533. The van der Waals surface area contributed by atoms with Crippen LogP contribution in [0, 0.1) is 0 Å². The van der Waals surface area contributed by atoms with E-state index in [0.29, 0.717) is 0 Å². The summed E-state index contributed by atoms with van der Waals surface area (Å²) in [5.74, 6) is 0. The zero-order valence-electron chi connectivity index (χ0n) is 12.1. The molecule has 1 saturated carbocycles. The first-order chi connectivity index (χ1) is 9.54. The molecule has 0 aromatic heterocycles. The van der Waals surface area contributed by atoms with Gasteiger partial charge in [0.15, 0.2) is 0 Å². The second kappa shape index (κ2) is 6.50. The van der Waals surface area contributed by atoms with Crippen LogP contribution in [0.15, 0.2) is 24.3 Å². The zero-order chi connectivity index (χ0) is 14.6. The van der Waals surface area contributed by atoms with Crippen LogP contribution in [0.3, 0.4) is 0 Å². The predicted octanol–water partition coefficient (Wildman–Crippen LogP) is 3.11. The Kier molecular flexibility index (Phi) is 4.94. The van der Waals surface area contributed by atoms with Gasteiger partial charge >= 0.3 is 6.03 Å². The molecular formula is C15H23N3OS. The van der Waals surface area contributed by atoms with Gasteiger partial charge in [-0.15, -0.1) is 0 Å². The van der Waals surface area contributed by atoms with E-state index in [-0.39, 0.29) is 16.8 Å². The first-order valence-electron chi connectivity index (χ1n) is 7.00. The predicted molar refractivity (Wildman–Crippen MR) is 86.2 cm³/mol. The van der Waals surface area contributed by atoms with Gasteiger partial charge in [0, 0.05) is 23.0 Å². The molecule has 0 heterocycles. The van der Waals surface area contributed by atoms with Crippen molar-refractivity contribution in [1.29, 1.82) is 0 Å². The van der Waals surface area contributed by atoms with Crippen molar-refractivity contribution in [3.63, 3.8) is 0 Å². The molecule has 2 amide bonds. The maximum atomic E-state index is 11.9. The van der Waals surface area contributed by atoms with Gasteiger partial charge in [-0.25, -0.2) is 4.79 Å². The van der Waals surface area contributed by atoms with Crippen LogP contribution in [0.5, 0.6) is 0 Å². The van der Waals surface area contributed by atoms with Gasteiger partial charge in [-0.3, -0.25) is 0 Å². The Morgan fingerprint density at radius 1 is 1.50 bits per heavy atom. The molecule has 4 nitrogen and oxygen atoms in total. The third-order valence-corrected chi connectivity index (χ3v) is 5.36. The van der Waals surface area contributed by atoms with E-state index in [1.165, 1.54) is 19.3 Å². The van der Waals surface area contributed by atoms with Crippen molar-refractivity contribution in [2.24, 2.45) is 5.73 Å². The van der Waals surface area contributed by atoms with Crippen molar-refractivity contribution in [1.82, 2.24) is 5.32 Å². The van der Waals surface area contributed by atoms with Gasteiger partial charge in [0.05, 0.1) is 0 Å². The first kappa shape index (κ1) is 15.2. The lowest BCUT2D eigenvalue weighted by atomic mass is 9.84. The van der Waals surface area contributed by atoms with Crippen molar-refractivity contribution in [2.75, 3.05) is 18.1 Å². The van der Waals surface area contributed by atoms with E-state index in [4.69, 9.17) is 5.73 Å². The molecule has 1 aromatic carbocycles. The van der Waals surface area contributed by atoms with Gasteiger partial charge < -0.3 is 16.4 Å². The van der Waals surface area contributed by atoms with Crippen LogP contribution in [-0.4, -0.2) is 23.6 Å². The Morgan fingerprint density at radius 3 is 2.80 bits per heavy atom. The Morgan fingerprint density at radius 2 is 2.25 bits per heavy atom. The van der Waals surface area contributed by atoms with Crippen LogP contribution < -0.4 is 16.4 Å². The van der Waals surface area contributed by atoms with Crippen LogP contribution in [-0.2, 0) is 0 Å². The number of rotatable bonds is 5. The number of hydrogen-bond acceptors (Lipinski definition) is 3. The molecule has 4 N–H and O–H groups in total. The molecule has 0 spiro atoms. The molecule has 1 aliphatic carbocycles. The van der Waals surface area contributed by atoms with Gasteiger partial charge in [0.1, 0.15) is 0 Å². The number of carbonyl (C=O) groups is 1. The molecule has 0 aliphatic heterocycles. The average Bonchev–Trinajstić information content (AvgIpc) is 2.38. The fourth-order valence-corrected chi connectivity index (χ4v) is 3.25. The minimum absolute atomic E-state index is 0.0328. The van der Waals surface area contributed by atoms with Gasteiger partial charge in [0.25, 0.3) is 0 Å². The summed E-state index contributed by atoms with van der Waals surface area (Å²) in [5.41, 5.74) is 7.64. The molecule has 1 fully saturated rings. The highest BCUT2D eigenvalue weighted by molar-refractivity contribution is 8.00. The monoisotopic (exact) mass is 293 g/mol.